The van der Waals surface area contributed by atoms with E-state index in [4.69, 9.17) is 10.00 Å². The molecule has 1 aliphatic heterocycles. The van der Waals surface area contributed by atoms with Crippen molar-refractivity contribution in [3.63, 3.8) is 0 Å². The van der Waals surface area contributed by atoms with Gasteiger partial charge in [-0.15, -0.1) is 0 Å². The second-order valence-electron chi connectivity index (χ2n) is 4.46. The van der Waals surface area contributed by atoms with Crippen LogP contribution in [0.25, 0.3) is 0 Å². The van der Waals surface area contributed by atoms with Gasteiger partial charge in [0.2, 0.25) is 0 Å². The van der Waals surface area contributed by atoms with E-state index in [1.807, 2.05) is 6.07 Å². The van der Waals surface area contributed by atoms with Gasteiger partial charge in [-0.05, 0) is 12.8 Å². The number of nitrogens with zero attached hydrogens (tertiary/aromatic N) is 2. The molecule has 0 bridgehead atoms. The van der Waals surface area contributed by atoms with E-state index in [0.717, 1.165) is 0 Å². The molecular weight excluding hydrogens is 250 g/mol. The minimum absolute atomic E-state index is 0.158. The van der Waals surface area contributed by atoms with Crippen LogP contribution in [0.1, 0.15) is 26.7 Å². The van der Waals surface area contributed by atoms with Crippen molar-refractivity contribution in [3.05, 3.63) is 0 Å². The van der Waals surface area contributed by atoms with Crippen LogP contribution in [0, 0.1) is 11.3 Å². The molecule has 1 aliphatic rings. The van der Waals surface area contributed by atoms with Gasteiger partial charge in [-0.2, -0.15) is 5.26 Å². The quantitative estimate of drug-likeness (QED) is 0.776. The molecule has 0 aromatic carbocycles. The van der Waals surface area contributed by atoms with E-state index in [9.17, 15) is 14.7 Å². The Morgan fingerprint density at radius 3 is 2.63 bits per heavy atom. The summed E-state index contributed by atoms with van der Waals surface area (Å²) in [5.41, 5.74) is -1.25. The summed E-state index contributed by atoms with van der Waals surface area (Å²) in [6.45, 7) is 4.23. The van der Waals surface area contributed by atoms with E-state index in [2.05, 4.69) is 5.32 Å². The highest BCUT2D eigenvalue weighted by Gasteiger charge is 2.38. The number of rotatable bonds is 4. The number of carbonyl (C=O) groups excluding carboxylic acids is 1. The fourth-order valence-corrected chi connectivity index (χ4v) is 1.98. The number of carboxylic acid groups (broad SMARTS) is 1. The highest BCUT2D eigenvalue weighted by molar-refractivity contribution is 5.86. The van der Waals surface area contributed by atoms with Gasteiger partial charge in [-0.3, -0.25) is 0 Å². The molecule has 7 nitrogen and oxygen atoms in total. The van der Waals surface area contributed by atoms with Crippen LogP contribution in [0.4, 0.5) is 4.79 Å². The highest BCUT2D eigenvalue weighted by Crippen LogP contribution is 2.16. The maximum Gasteiger partial charge on any atom is 0.329 e. The second kappa shape index (κ2) is 6.38. The van der Waals surface area contributed by atoms with Crippen molar-refractivity contribution in [1.29, 1.82) is 5.26 Å². The SMILES string of the molecule is CCC(CC)(NC(=O)N1CCOC(C#N)C1)C(=O)O. The van der Waals surface area contributed by atoms with Crippen LogP contribution >= 0.6 is 0 Å². The number of nitrogens with one attached hydrogen (secondary N) is 1. The lowest BCUT2D eigenvalue weighted by Gasteiger charge is -2.34. The van der Waals surface area contributed by atoms with Gasteiger partial charge in [-0.1, -0.05) is 13.8 Å². The first kappa shape index (κ1) is 15.2. The molecule has 0 aliphatic carbocycles. The van der Waals surface area contributed by atoms with Gasteiger partial charge in [0, 0.05) is 6.54 Å². The number of carbonyl (C=O) groups is 2. The van der Waals surface area contributed by atoms with Gasteiger partial charge in [0.05, 0.1) is 19.2 Å². The lowest BCUT2D eigenvalue weighted by atomic mass is 9.93. The predicted molar refractivity (Wildman–Crippen MR) is 66.4 cm³/mol. The number of ether oxygens (including phenoxy) is 1. The first-order valence-corrected chi connectivity index (χ1v) is 6.30. The number of aliphatic carboxylic acids is 1. The first-order valence-electron chi connectivity index (χ1n) is 6.30. The summed E-state index contributed by atoms with van der Waals surface area (Å²) in [7, 11) is 0. The molecule has 2 N–H and O–H groups in total. The number of urea groups is 1. The Labute approximate surface area is 112 Å². The summed E-state index contributed by atoms with van der Waals surface area (Å²) < 4.78 is 5.14. The molecule has 0 saturated carbocycles. The summed E-state index contributed by atoms with van der Waals surface area (Å²) in [5.74, 6) is -1.05. The second-order valence-corrected chi connectivity index (χ2v) is 4.46. The Bertz CT molecular complexity index is 387. The number of morpholine rings is 1. The first-order chi connectivity index (χ1) is 8.99. The molecule has 1 fully saturated rings. The van der Waals surface area contributed by atoms with Crippen LogP contribution in [0.2, 0.25) is 0 Å². The Kier molecular flexibility index (Phi) is 5.12. The van der Waals surface area contributed by atoms with Crippen LogP contribution in [0.5, 0.6) is 0 Å². The summed E-state index contributed by atoms with van der Waals surface area (Å²) >= 11 is 0. The van der Waals surface area contributed by atoms with Crippen molar-refractivity contribution in [1.82, 2.24) is 10.2 Å². The van der Waals surface area contributed by atoms with Crippen LogP contribution in [-0.4, -0.2) is 53.3 Å². The van der Waals surface area contributed by atoms with E-state index < -0.39 is 23.6 Å². The van der Waals surface area contributed by atoms with E-state index in [1.165, 1.54) is 4.90 Å². The van der Waals surface area contributed by atoms with Crippen LogP contribution in [0.3, 0.4) is 0 Å². The molecule has 0 aromatic rings. The summed E-state index contributed by atoms with van der Waals surface area (Å²) in [4.78, 5) is 24.8. The number of hydrogen-bond donors (Lipinski definition) is 2. The maximum atomic E-state index is 12.1. The normalized spacial score (nSPS) is 19.6. The molecule has 1 rings (SSSR count). The predicted octanol–water partition coefficient (Wildman–Crippen LogP) is 0.564. The zero-order valence-corrected chi connectivity index (χ0v) is 11.2. The molecule has 7 heteroatoms. The highest BCUT2D eigenvalue weighted by atomic mass is 16.5. The zero-order chi connectivity index (χ0) is 14.5. The molecule has 0 radical (unpaired) electrons. The molecule has 1 saturated heterocycles. The number of nitriles is 1. The fraction of sp³-hybridized carbons (Fsp3) is 0.750. The van der Waals surface area contributed by atoms with E-state index in [-0.39, 0.29) is 13.2 Å². The summed E-state index contributed by atoms with van der Waals surface area (Å²) in [6, 6.07) is 1.48. The molecule has 2 amide bonds. The maximum absolute atomic E-state index is 12.1. The standard InChI is InChI=1S/C12H19N3O4/c1-3-12(4-2,10(16)17)14-11(18)15-5-6-19-9(7-13)8-15/h9H,3-6,8H2,1-2H3,(H,14,18)(H,16,17). The molecule has 19 heavy (non-hydrogen) atoms. The Hall–Kier alpha value is -1.81. The third-order valence-corrected chi connectivity index (χ3v) is 3.46. The molecular formula is C12H19N3O4. The topological polar surface area (TPSA) is 103 Å². The summed E-state index contributed by atoms with van der Waals surface area (Å²) in [6.07, 6.45) is -0.0466. The Morgan fingerprint density at radius 2 is 2.16 bits per heavy atom. The molecule has 1 unspecified atom stereocenters. The van der Waals surface area contributed by atoms with Gasteiger partial charge < -0.3 is 20.1 Å². The zero-order valence-electron chi connectivity index (χ0n) is 11.2. The van der Waals surface area contributed by atoms with Crippen LogP contribution in [-0.2, 0) is 9.53 Å². The molecule has 106 valence electrons. The lowest BCUT2D eigenvalue weighted by molar-refractivity contribution is -0.144. The Morgan fingerprint density at radius 1 is 1.53 bits per heavy atom. The molecule has 1 heterocycles. The average Bonchev–Trinajstić information content (AvgIpc) is 2.44. The third kappa shape index (κ3) is 3.35. The van der Waals surface area contributed by atoms with Gasteiger partial charge >= 0.3 is 12.0 Å². The van der Waals surface area contributed by atoms with Crippen LogP contribution in [0.15, 0.2) is 0 Å². The van der Waals surface area contributed by atoms with Crippen molar-refractivity contribution in [3.8, 4) is 6.07 Å². The van der Waals surface area contributed by atoms with Crippen LogP contribution < -0.4 is 5.32 Å². The molecule has 0 aromatic heterocycles. The van der Waals surface area contributed by atoms with Crippen molar-refractivity contribution < 1.29 is 19.4 Å². The van der Waals surface area contributed by atoms with Gasteiger partial charge in [0.1, 0.15) is 5.54 Å². The Balaban J connectivity index is 2.72. The van der Waals surface area contributed by atoms with E-state index in [0.29, 0.717) is 19.4 Å². The fourth-order valence-electron chi connectivity index (χ4n) is 1.98. The summed E-state index contributed by atoms with van der Waals surface area (Å²) in [5, 5.41) is 20.6. The largest absolute Gasteiger partial charge is 0.480 e. The van der Waals surface area contributed by atoms with Crippen molar-refractivity contribution in [2.24, 2.45) is 0 Å². The third-order valence-electron chi connectivity index (χ3n) is 3.46. The molecule has 0 spiro atoms. The average molecular weight is 269 g/mol. The van der Waals surface area contributed by atoms with Gasteiger partial charge in [0.25, 0.3) is 0 Å². The smallest absolute Gasteiger partial charge is 0.329 e. The van der Waals surface area contributed by atoms with E-state index in [1.54, 1.807) is 13.8 Å². The minimum atomic E-state index is -1.25. The molecule has 1 atom stereocenters. The minimum Gasteiger partial charge on any atom is -0.480 e. The number of amides is 2. The van der Waals surface area contributed by atoms with Crippen molar-refractivity contribution in [2.45, 2.75) is 38.3 Å². The lowest BCUT2D eigenvalue weighted by Crippen LogP contribution is -2.59. The number of carboxylic acids is 1. The van der Waals surface area contributed by atoms with E-state index >= 15 is 0 Å². The number of hydrogen-bond acceptors (Lipinski definition) is 4. The van der Waals surface area contributed by atoms with Gasteiger partial charge in [0.15, 0.2) is 6.10 Å². The monoisotopic (exact) mass is 269 g/mol. The van der Waals surface area contributed by atoms with Gasteiger partial charge in [-0.25, -0.2) is 9.59 Å². The van der Waals surface area contributed by atoms with Crippen molar-refractivity contribution in [2.75, 3.05) is 19.7 Å². The van der Waals surface area contributed by atoms with Crippen molar-refractivity contribution >= 4 is 12.0 Å².